The summed E-state index contributed by atoms with van der Waals surface area (Å²) < 4.78 is 38.5. The third-order valence-corrected chi connectivity index (χ3v) is 4.74. The number of aromatic nitrogens is 4. The molecule has 0 aliphatic carbocycles. The third kappa shape index (κ3) is 5.79. The molecule has 3 rings (SSSR count). The van der Waals surface area contributed by atoms with Gasteiger partial charge in [-0.15, -0.1) is 0 Å². The lowest BCUT2D eigenvalue weighted by Crippen LogP contribution is -2.41. The number of nitrogens with one attached hydrogen (secondary N) is 1. The van der Waals surface area contributed by atoms with Gasteiger partial charge in [-0.1, -0.05) is 0 Å². The summed E-state index contributed by atoms with van der Waals surface area (Å²) >= 11 is 0. The van der Waals surface area contributed by atoms with Crippen LogP contribution in [0.1, 0.15) is 35.6 Å². The largest absolute Gasteiger partial charge is 0.417 e. The molecule has 3 heterocycles. The maximum absolute atomic E-state index is 13.1. The molecular formula is C21H20F3N7O2. The minimum Gasteiger partial charge on any atom is -0.383 e. The molecule has 0 spiro atoms. The van der Waals surface area contributed by atoms with Crippen molar-refractivity contribution in [1.82, 2.24) is 24.8 Å². The van der Waals surface area contributed by atoms with E-state index in [0.29, 0.717) is 11.8 Å². The standard InChI is InChI=1S/C21H20F3N7O2/c1-12-8-16(10-29-17(12)25)30-19(32)20(33)31(13(2)18-26-6-3-7-27-18)11-15-5-4-14(9-28-15)21(22,23)24/h3-10,13H,11H2,1-2H3,(H2,25,29)(H,30,32). The first-order valence-electron chi connectivity index (χ1n) is 9.69. The van der Waals surface area contributed by atoms with E-state index in [2.05, 4.69) is 25.3 Å². The number of nitrogen functional groups attached to an aromatic ring is 1. The lowest BCUT2D eigenvalue weighted by molar-refractivity contribution is -0.145. The highest BCUT2D eigenvalue weighted by Crippen LogP contribution is 2.29. The van der Waals surface area contributed by atoms with E-state index in [4.69, 9.17) is 5.73 Å². The van der Waals surface area contributed by atoms with Crippen LogP contribution in [0.5, 0.6) is 0 Å². The Hall–Kier alpha value is -4.09. The molecule has 1 unspecified atom stereocenters. The van der Waals surface area contributed by atoms with Crippen LogP contribution in [0.15, 0.2) is 49.1 Å². The molecule has 33 heavy (non-hydrogen) atoms. The number of aryl methyl sites for hydroxylation is 1. The van der Waals surface area contributed by atoms with Gasteiger partial charge in [0.1, 0.15) is 11.6 Å². The molecule has 172 valence electrons. The fourth-order valence-electron chi connectivity index (χ4n) is 2.88. The molecule has 0 aliphatic rings. The molecule has 3 aromatic rings. The van der Waals surface area contributed by atoms with Gasteiger partial charge in [0.05, 0.1) is 35.7 Å². The fraction of sp³-hybridized carbons (Fsp3) is 0.238. The van der Waals surface area contributed by atoms with E-state index in [-0.39, 0.29) is 29.6 Å². The van der Waals surface area contributed by atoms with E-state index < -0.39 is 29.6 Å². The van der Waals surface area contributed by atoms with Gasteiger partial charge in [0.25, 0.3) is 0 Å². The van der Waals surface area contributed by atoms with Crippen molar-refractivity contribution in [3.63, 3.8) is 0 Å². The van der Waals surface area contributed by atoms with Crippen molar-refractivity contribution >= 4 is 23.3 Å². The first-order chi connectivity index (χ1) is 15.6. The molecule has 0 aliphatic heterocycles. The Morgan fingerprint density at radius 3 is 2.39 bits per heavy atom. The number of hydrogen-bond acceptors (Lipinski definition) is 7. The molecular weight excluding hydrogens is 439 g/mol. The van der Waals surface area contributed by atoms with Crippen LogP contribution in [-0.2, 0) is 22.3 Å². The van der Waals surface area contributed by atoms with Crippen molar-refractivity contribution in [2.24, 2.45) is 0 Å². The summed E-state index contributed by atoms with van der Waals surface area (Å²) in [5.41, 5.74) is 5.76. The smallest absolute Gasteiger partial charge is 0.383 e. The summed E-state index contributed by atoms with van der Waals surface area (Å²) in [4.78, 5) is 42.8. The molecule has 0 bridgehead atoms. The van der Waals surface area contributed by atoms with Crippen molar-refractivity contribution in [3.05, 3.63) is 71.7 Å². The number of nitrogens with zero attached hydrogens (tertiary/aromatic N) is 5. The number of hydrogen-bond donors (Lipinski definition) is 2. The van der Waals surface area contributed by atoms with E-state index in [1.807, 2.05) is 0 Å². The summed E-state index contributed by atoms with van der Waals surface area (Å²) in [6.07, 6.45) is 0.377. The minimum absolute atomic E-state index is 0.150. The summed E-state index contributed by atoms with van der Waals surface area (Å²) in [5, 5.41) is 2.45. The summed E-state index contributed by atoms with van der Waals surface area (Å²) in [7, 11) is 0. The second-order valence-corrected chi connectivity index (χ2v) is 7.13. The van der Waals surface area contributed by atoms with E-state index in [0.717, 1.165) is 17.0 Å². The first kappa shape index (κ1) is 23.6. The van der Waals surface area contributed by atoms with Gasteiger partial charge in [-0.25, -0.2) is 15.0 Å². The Balaban J connectivity index is 1.86. The molecule has 0 saturated carbocycles. The SMILES string of the molecule is Cc1cc(NC(=O)C(=O)N(Cc2ccc(C(F)(F)F)cn2)C(C)c2ncccn2)cnc1N. The van der Waals surface area contributed by atoms with E-state index in [1.54, 1.807) is 26.0 Å². The van der Waals surface area contributed by atoms with Gasteiger partial charge in [0.2, 0.25) is 0 Å². The van der Waals surface area contributed by atoms with Crippen molar-refractivity contribution in [1.29, 1.82) is 0 Å². The Bertz CT molecular complexity index is 1140. The molecule has 2 amide bonds. The quantitative estimate of drug-likeness (QED) is 0.562. The highest BCUT2D eigenvalue weighted by Gasteiger charge is 2.32. The Kier molecular flexibility index (Phi) is 6.85. The van der Waals surface area contributed by atoms with E-state index in [1.165, 1.54) is 18.6 Å². The molecule has 3 N–H and O–H groups in total. The van der Waals surface area contributed by atoms with Gasteiger partial charge in [0.15, 0.2) is 0 Å². The first-order valence-corrected chi connectivity index (χ1v) is 9.69. The second-order valence-electron chi connectivity index (χ2n) is 7.13. The van der Waals surface area contributed by atoms with Gasteiger partial charge in [-0.2, -0.15) is 13.2 Å². The van der Waals surface area contributed by atoms with Crippen LogP contribution in [0.4, 0.5) is 24.7 Å². The molecule has 0 aromatic carbocycles. The van der Waals surface area contributed by atoms with Gasteiger partial charge >= 0.3 is 18.0 Å². The monoisotopic (exact) mass is 459 g/mol. The van der Waals surface area contributed by atoms with Crippen molar-refractivity contribution < 1.29 is 22.8 Å². The zero-order valence-corrected chi connectivity index (χ0v) is 17.7. The second kappa shape index (κ2) is 9.59. The van der Waals surface area contributed by atoms with Crippen LogP contribution in [0, 0.1) is 6.92 Å². The van der Waals surface area contributed by atoms with Gasteiger partial charge in [0, 0.05) is 18.6 Å². The highest BCUT2D eigenvalue weighted by atomic mass is 19.4. The normalized spacial score (nSPS) is 12.2. The van der Waals surface area contributed by atoms with Crippen molar-refractivity contribution in [2.75, 3.05) is 11.1 Å². The molecule has 1 atom stereocenters. The lowest BCUT2D eigenvalue weighted by Gasteiger charge is -2.27. The van der Waals surface area contributed by atoms with Crippen molar-refractivity contribution in [3.8, 4) is 0 Å². The van der Waals surface area contributed by atoms with E-state index >= 15 is 0 Å². The van der Waals surface area contributed by atoms with Crippen LogP contribution < -0.4 is 11.1 Å². The van der Waals surface area contributed by atoms with Crippen LogP contribution >= 0.6 is 0 Å². The summed E-state index contributed by atoms with van der Waals surface area (Å²) in [6, 6.07) is 4.37. The maximum Gasteiger partial charge on any atom is 0.417 e. The Morgan fingerprint density at radius 1 is 1.12 bits per heavy atom. The molecule has 0 radical (unpaired) electrons. The van der Waals surface area contributed by atoms with Crippen LogP contribution in [0.3, 0.4) is 0 Å². The number of carbonyl (C=O) groups excluding carboxylic acids is 2. The zero-order chi connectivity index (χ0) is 24.2. The molecule has 9 nitrogen and oxygen atoms in total. The average molecular weight is 459 g/mol. The highest BCUT2D eigenvalue weighted by molar-refractivity contribution is 6.39. The summed E-state index contributed by atoms with van der Waals surface area (Å²) in [6.45, 7) is 3.04. The number of amides is 2. The fourth-order valence-corrected chi connectivity index (χ4v) is 2.88. The van der Waals surface area contributed by atoms with Crippen LogP contribution in [-0.4, -0.2) is 36.7 Å². The third-order valence-electron chi connectivity index (χ3n) is 4.74. The Morgan fingerprint density at radius 2 is 1.82 bits per heavy atom. The average Bonchev–Trinajstić information content (AvgIpc) is 2.79. The number of rotatable bonds is 5. The molecule has 0 saturated heterocycles. The van der Waals surface area contributed by atoms with Gasteiger partial charge < -0.3 is 16.0 Å². The predicted octanol–water partition coefficient (Wildman–Crippen LogP) is 2.90. The number of carbonyl (C=O) groups is 2. The van der Waals surface area contributed by atoms with Gasteiger partial charge in [-0.3, -0.25) is 14.6 Å². The number of anilines is 2. The number of alkyl halides is 3. The topological polar surface area (TPSA) is 127 Å². The maximum atomic E-state index is 13.1. The van der Waals surface area contributed by atoms with Crippen molar-refractivity contribution in [2.45, 2.75) is 32.6 Å². The lowest BCUT2D eigenvalue weighted by atomic mass is 10.2. The predicted molar refractivity (Wildman–Crippen MR) is 112 cm³/mol. The van der Waals surface area contributed by atoms with Crippen LogP contribution in [0.25, 0.3) is 0 Å². The molecule has 12 heteroatoms. The van der Waals surface area contributed by atoms with Gasteiger partial charge in [-0.05, 0) is 43.7 Å². The summed E-state index contributed by atoms with van der Waals surface area (Å²) in [5.74, 6) is -1.40. The van der Waals surface area contributed by atoms with E-state index in [9.17, 15) is 22.8 Å². The molecule has 0 fully saturated rings. The zero-order valence-electron chi connectivity index (χ0n) is 17.7. The Labute approximate surface area is 186 Å². The number of nitrogens with two attached hydrogens (primary N) is 1. The minimum atomic E-state index is -4.54. The molecule has 3 aromatic heterocycles. The number of pyridine rings is 2. The number of halogens is 3. The van der Waals surface area contributed by atoms with Crippen LogP contribution in [0.2, 0.25) is 0 Å².